The van der Waals surface area contributed by atoms with Crippen molar-refractivity contribution >= 4 is 17.7 Å². The third-order valence-corrected chi connectivity index (χ3v) is 4.03. The smallest absolute Gasteiger partial charge is 0.227 e. The van der Waals surface area contributed by atoms with E-state index in [1.54, 1.807) is 11.8 Å². The molecular formula is C15H22N4S. The average molecular weight is 290 g/mol. The van der Waals surface area contributed by atoms with Crippen molar-refractivity contribution in [2.24, 2.45) is 0 Å². The number of nitrogens with zero attached hydrogens (tertiary/aromatic N) is 4. The number of hydrogen-bond donors (Lipinski definition) is 0. The van der Waals surface area contributed by atoms with Gasteiger partial charge in [0.05, 0.1) is 0 Å². The first-order valence-corrected chi connectivity index (χ1v) is 7.78. The van der Waals surface area contributed by atoms with Crippen molar-refractivity contribution in [3.8, 4) is 0 Å². The van der Waals surface area contributed by atoms with E-state index in [0.717, 1.165) is 16.9 Å². The van der Waals surface area contributed by atoms with Crippen LogP contribution in [-0.2, 0) is 5.75 Å². The SMILES string of the molecule is Cc1cccc(CSc2nnc(N(C)C)n2C(C)C)c1. The maximum atomic E-state index is 4.33. The number of anilines is 1. The zero-order chi connectivity index (χ0) is 14.7. The second-order valence-electron chi connectivity index (χ2n) is 5.42. The Bertz CT molecular complexity index is 575. The molecule has 0 amide bonds. The minimum Gasteiger partial charge on any atom is -0.347 e. The Kier molecular flexibility index (Phi) is 4.70. The molecule has 0 fully saturated rings. The van der Waals surface area contributed by atoms with Crippen molar-refractivity contribution in [2.45, 2.75) is 37.7 Å². The molecule has 2 aromatic rings. The van der Waals surface area contributed by atoms with Gasteiger partial charge in [0.15, 0.2) is 5.16 Å². The Morgan fingerprint density at radius 2 is 2.00 bits per heavy atom. The summed E-state index contributed by atoms with van der Waals surface area (Å²) in [6, 6.07) is 8.94. The lowest BCUT2D eigenvalue weighted by atomic mass is 10.2. The summed E-state index contributed by atoms with van der Waals surface area (Å²) in [5.41, 5.74) is 2.61. The molecule has 0 aliphatic carbocycles. The van der Waals surface area contributed by atoms with Crippen molar-refractivity contribution in [3.63, 3.8) is 0 Å². The van der Waals surface area contributed by atoms with Crippen LogP contribution in [0.1, 0.15) is 31.0 Å². The van der Waals surface area contributed by atoms with Gasteiger partial charge in [-0.3, -0.25) is 4.57 Å². The molecule has 1 heterocycles. The minimum absolute atomic E-state index is 0.349. The van der Waals surface area contributed by atoms with Gasteiger partial charge in [0.1, 0.15) is 0 Å². The summed E-state index contributed by atoms with van der Waals surface area (Å²) in [7, 11) is 4.00. The van der Waals surface area contributed by atoms with Crippen molar-refractivity contribution in [1.29, 1.82) is 0 Å². The van der Waals surface area contributed by atoms with Crippen molar-refractivity contribution < 1.29 is 0 Å². The van der Waals surface area contributed by atoms with Gasteiger partial charge < -0.3 is 4.90 Å². The number of benzene rings is 1. The first-order valence-electron chi connectivity index (χ1n) is 6.79. The first-order chi connectivity index (χ1) is 9.49. The zero-order valence-corrected chi connectivity index (χ0v) is 13.6. The molecular weight excluding hydrogens is 268 g/mol. The molecule has 0 saturated carbocycles. The van der Waals surface area contributed by atoms with Crippen molar-refractivity contribution in [2.75, 3.05) is 19.0 Å². The van der Waals surface area contributed by atoms with Gasteiger partial charge in [0.25, 0.3) is 0 Å². The Morgan fingerprint density at radius 1 is 1.25 bits per heavy atom. The predicted molar refractivity (Wildman–Crippen MR) is 85.5 cm³/mol. The van der Waals surface area contributed by atoms with Crippen LogP contribution in [0.5, 0.6) is 0 Å². The summed E-state index contributed by atoms with van der Waals surface area (Å²) < 4.78 is 2.18. The standard InChI is InChI=1S/C15H22N4S/c1-11(2)19-14(18(4)5)16-17-15(19)20-10-13-8-6-7-12(3)9-13/h6-9,11H,10H2,1-5H3. The van der Waals surface area contributed by atoms with Gasteiger partial charge in [-0.05, 0) is 26.3 Å². The van der Waals surface area contributed by atoms with Gasteiger partial charge in [0.2, 0.25) is 5.95 Å². The third kappa shape index (κ3) is 3.33. The zero-order valence-electron chi connectivity index (χ0n) is 12.8. The lowest BCUT2D eigenvalue weighted by molar-refractivity contribution is 0.549. The van der Waals surface area contributed by atoms with Gasteiger partial charge in [-0.2, -0.15) is 0 Å². The van der Waals surface area contributed by atoms with E-state index in [2.05, 4.69) is 59.8 Å². The minimum atomic E-state index is 0.349. The number of aryl methyl sites for hydroxylation is 1. The van der Waals surface area contributed by atoms with Crippen LogP contribution in [0.3, 0.4) is 0 Å². The normalized spacial score (nSPS) is 11.1. The third-order valence-electron chi connectivity index (χ3n) is 3.01. The highest BCUT2D eigenvalue weighted by molar-refractivity contribution is 7.98. The maximum Gasteiger partial charge on any atom is 0.227 e. The predicted octanol–water partition coefficient (Wildman–Crippen LogP) is 3.53. The molecule has 0 radical (unpaired) electrons. The lowest BCUT2D eigenvalue weighted by Gasteiger charge is -2.17. The molecule has 0 bridgehead atoms. The summed E-state index contributed by atoms with van der Waals surface area (Å²) in [5, 5.41) is 9.59. The van der Waals surface area contributed by atoms with E-state index in [1.807, 2.05) is 19.0 Å². The molecule has 0 N–H and O–H groups in total. The van der Waals surface area contributed by atoms with E-state index >= 15 is 0 Å². The highest BCUT2D eigenvalue weighted by atomic mass is 32.2. The van der Waals surface area contributed by atoms with Crippen LogP contribution in [-0.4, -0.2) is 28.9 Å². The fraction of sp³-hybridized carbons (Fsp3) is 0.467. The molecule has 0 aliphatic heterocycles. The molecule has 0 unspecified atom stereocenters. The largest absolute Gasteiger partial charge is 0.347 e. The van der Waals surface area contributed by atoms with E-state index in [9.17, 15) is 0 Å². The fourth-order valence-corrected chi connectivity index (χ4v) is 3.08. The highest BCUT2D eigenvalue weighted by Gasteiger charge is 2.16. The second-order valence-corrected chi connectivity index (χ2v) is 6.36. The van der Waals surface area contributed by atoms with Gasteiger partial charge in [-0.25, -0.2) is 0 Å². The van der Waals surface area contributed by atoms with E-state index in [-0.39, 0.29) is 0 Å². The molecule has 1 aromatic carbocycles. The van der Waals surface area contributed by atoms with Crippen LogP contribution in [0.2, 0.25) is 0 Å². The van der Waals surface area contributed by atoms with Crippen LogP contribution in [0.15, 0.2) is 29.4 Å². The highest BCUT2D eigenvalue weighted by Crippen LogP contribution is 2.27. The molecule has 5 heteroatoms. The number of aromatic nitrogens is 3. The molecule has 108 valence electrons. The summed E-state index contributed by atoms with van der Waals surface area (Å²) >= 11 is 1.74. The molecule has 0 aliphatic rings. The molecule has 20 heavy (non-hydrogen) atoms. The maximum absolute atomic E-state index is 4.33. The fourth-order valence-electron chi connectivity index (χ4n) is 2.07. The second kappa shape index (κ2) is 6.31. The summed E-state index contributed by atoms with van der Waals surface area (Å²) in [6.07, 6.45) is 0. The van der Waals surface area contributed by atoms with E-state index in [1.165, 1.54) is 11.1 Å². The quantitative estimate of drug-likeness (QED) is 0.789. The monoisotopic (exact) mass is 290 g/mol. The van der Waals surface area contributed by atoms with Crippen LogP contribution >= 0.6 is 11.8 Å². The number of rotatable bonds is 5. The molecule has 1 aromatic heterocycles. The van der Waals surface area contributed by atoms with Crippen LogP contribution in [0, 0.1) is 6.92 Å². The van der Waals surface area contributed by atoms with Gasteiger partial charge >= 0.3 is 0 Å². The first kappa shape index (κ1) is 14.9. The number of thioether (sulfide) groups is 1. The van der Waals surface area contributed by atoms with Crippen LogP contribution < -0.4 is 4.90 Å². The van der Waals surface area contributed by atoms with Crippen LogP contribution in [0.4, 0.5) is 5.95 Å². The Balaban J connectivity index is 2.17. The summed E-state index contributed by atoms with van der Waals surface area (Å²) in [4.78, 5) is 2.00. The topological polar surface area (TPSA) is 34.0 Å². The molecule has 0 atom stereocenters. The Hall–Kier alpha value is -1.49. The Morgan fingerprint density at radius 3 is 2.60 bits per heavy atom. The van der Waals surface area contributed by atoms with Gasteiger partial charge in [-0.15, -0.1) is 10.2 Å². The Labute approximate surface area is 125 Å². The van der Waals surface area contributed by atoms with E-state index in [4.69, 9.17) is 0 Å². The van der Waals surface area contributed by atoms with Crippen molar-refractivity contribution in [3.05, 3.63) is 35.4 Å². The lowest BCUT2D eigenvalue weighted by Crippen LogP contribution is -2.17. The molecule has 4 nitrogen and oxygen atoms in total. The van der Waals surface area contributed by atoms with Gasteiger partial charge in [0, 0.05) is 25.9 Å². The number of hydrogen-bond acceptors (Lipinski definition) is 4. The molecule has 0 saturated heterocycles. The summed E-state index contributed by atoms with van der Waals surface area (Å²) in [5.74, 6) is 1.83. The van der Waals surface area contributed by atoms with E-state index in [0.29, 0.717) is 6.04 Å². The molecule has 0 spiro atoms. The van der Waals surface area contributed by atoms with Crippen LogP contribution in [0.25, 0.3) is 0 Å². The van der Waals surface area contributed by atoms with Crippen molar-refractivity contribution in [1.82, 2.24) is 14.8 Å². The summed E-state index contributed by atoms with van der Waals surface area (Å²) in [6.45, 7) is 6.44. The van der Waals surface area contributed by atoms with Gasteiger partial charge in [-0.1, -0.05) is 41.6 Å². The molecule has 2 rings (SSSR count). The average Bonchev–Trinajstić information content (AvgIpc) is 2.80. The van der Waals surface area contributed by atoms with E-state index < -0.39 is 0 Å².